The second kappa shape index (κ2) is 5.72. The number of nitro groups is 1. The van der Waals surface area contributed by atoms with Gasteiger partial charge in [-0.05, 0) is 22.0 Å². The Bertz CT molecular complexity index is 704. The van der Waals surface area contributed by atoms with Gasteiger partial charge in [0.25, 0.3) is 5.69 Å². The van der Waals surface area contributed by atoms with Crippen molar-refractivity contribution in [2.45, 2.75) is 6.42 Å². The highest BCUT2D eigenvalue weighted by Crippen LogP contribution is 2.40. The molecule has 1 saturated heterocycles. The van der Waals surface area contributed by atoms with Gasteiger partial charge in [-0.15, -0.1) is 0 Å². The Kier molecular flexibility index (Phi) is 4.13. The van der Waals surface area contributed by atoms with E-state index < -0.39 is 34.3 Å². The molecule has 9 nitrogen and oxygen atoms in total. The smallest absolute Gasteiger partial charge is 0.335 e. The molecule has 1 unspecified atom stereocenters. The number of nitrogens with two attached hydrogens (primary N) is 1. The number of primary amides is 1. The standard InChI is InChI=1S/C12H10BrN3O6/c13-7-1-5(12(19)20)2-8(16(21)22)10(7)15-4-6(11(14)18)3-9(15)17/h1-2,6H,3-4H2,(H2,14,18)(H,19,20). The van der Waals surface area contributed by atoms with E-state index in [0.717, 1.165) is 17.0 Å². The van der Waals surface area contributed by atoms with Crippen molar-refractivity contribution in [1.29, 1.82) is 0 Å². The lowest BCUT2D eigenvalue weighted by Gasteiger charge is -2.18. The summed E-state index contributed by atoms with van der Waals surface area (Å²) in [4.78, 5) is 45.6. The van der Waals surface area contributed by atoms with Gasteiger partial charge in [0.1, 0.15) is 5.69 Å². The van der Waals surface area contributed by atoms with E-state index in [0.29, 0.717) is 0 Å². The predicted octanol–water partition coefficient (Wildman–Crippen LogP) is 0.894. The summed E-state index contributed by atoms with van der Waals surface area (Å²) >= 11 is 3.05. The van der Waals surface area contributed by atoms with Gasteiger partial charge in [-0.25, -0.2) is 4.79 Å². The largest absolute Gasteiger partial charge is 0.478 e. The molecule has 1 aromatic rings. The van der Waals surface area contributed by atoms with E-state index in [1.165, 1.54) is 0 Å². The van der Waals surface area contributed by atoms with Gasteiger partial charge in [-0.1, -0.05) is 0 Å². The minimum atomic E-state index is -1.34. The Morgan fingerprint density at radius 2 is 2.09 bits per heavy atom. The third-order valence-electron chi connectivity index (χ3n) is 3.28. The lowest BCUT2D eigenvalue weighted by atomic mass is 10.1. The number of benzene rings is 1. The first-order chi connectivity index (χ1) is 10.2. The molecule has 0 saturated carbocycles. The molecule has 10 heteroatoms. The molecule has 1 atom stereocenters. The number of hydrogen-bond donors (Lipinski definition) is 2. The molecule has 116 valence electrons. The number of amides is 2. The summed E-state index contributed by atoms with van der Waals surface area (Å²) in [5, 5.41) is 20.1. The molecule has 3 N–H and O–H groups in total. The molecule has 1 heterocycles. The van der Waals surface area contributed by atoms with Crippen LogP contribution < -0.4 is 10.6 Å². The molecule has 22 heavy (non-hydrogen) atoms. The van der Waals surface area contributed by atoms with Crippen LogP contribution in [0.1, 0.15) is 16.8 Å². The SMILES string of the molecule is NC(=O)C1CC(=O)N(c2c(Br)cc(C(=O)O)cc2[N+](=O)[O-])C1. The normalized spacial score (nSPS) is 17.6. The molecule has 1 aliphatic heterocycles. The highest BCUT2D eigenvalue weighted by Gasteiger charge is 2.38. The van der Waals surface area contributed by atoms with Crippen LogP contribution in [0.3, 0.4) is 0 Å². The lowest BCUT2D eigenvalue weighted by Crippen LogP contribution is -2.29. The number of halogens is 1. The average molecular weight is 372 g/mol. The first-order valence-corrected chi connectivity index (χ1v) is 6.82. The summed E-state index contributed by atoms with van der Waals surface area (Å²) in [6, 6.07) is 2.03. The summed E-state index contributed by atoms with van der Waals surface area (Å²) in [5.74, 6) is -3.23. The summed E-state index contributed by atoms with van der Waals surface area (Å²) in [5.41, 5.74) is 4.25. The van der Waals surface area contributed by atoms with E-state index in [9.17, 15) is 24.5 Å². The zero-order valence-corrected chi connectivity index (χ0v) is 12.6. The number of nitrogens with zero attached hydrogens (tertiary/aromatic N) is 2. The van der Waals surface area contributed by atoms with Crippen LogP contribution in [0.4, 0.5) is 11.4 Å². The van der Waals surface area contributed by atoms with Crippen molar-refractivity contribution in [2.75, 3.05) is 11.4 Å². The Morgan fingerprint density at radius 1 is 1.45 bits per heavy atom. The van der Waals surface area contributed by atoms with Crippen molar-refractivity contribution in [3.8, 4) is 0 Å². The van der Waals surface area contributed by atoms with Gasteiger partial charge in [-0.2, -0.15) is 0 Å². The number of carboxylic acid groups (broad SMARTS) is 1. The average Bonchev–Trinajstić information content (AvgIpc) is 2.79. The summed E-state index contributed by atoms with van der Waals surface area (Å²) in [7, 11) is 0. The van der Waals surface area contributed by atoms with Crippen LogP contribution in [-0.4, -0.2) is 34.4 Å². The van der Waals surface area contributed by atoms with Crippen molar-refractivity contribution < 1.29 is 24.4 Å². The van der Waals surface area contributed by atoms with Crippen LogP contribution >= 0.6 is 15.9 Å². The third-order valence-corrected chi connectivity index (χ3v) is 3.89. The molecule has 2 amide bonds. The fourth-order valence-corrected chi connectivity index (χ4v) is 2.89. The molecule has 0 aliphatic carbocycles. The Morgan fingerprint density at radius 3 is 2.55 bits per heavy atom. The van der Waals surface area contributed by atoms with Crippen molar-refractivity contribution in [2.24, 2.45) is 11.7 Å². The summed E-state index contributed by atoms with van der Waals surface area (Å²) in [6.07, 6.45) is -0.139. The van der Waals surface area contributed by atoms with Crippen molar-refractivity contribution in [3.05, 3.63) is 32.3 Å². The number of nitro benzene ring substituents is 1. The van der Waals surface area contributed by atoms with Crippen molar-refractivity contribution in [1.82, 2.24) is 0 Å². The number of rotatable bonds is 4. The van der Waals surface area contributed by atoms with Gasteiger partial charge in [0.15, 0.2) is 0 Å². The van der Waals surface area contributed by atoms with Crippen LogP contribution in [0.2, 0.25) is 0 Å². The molecule has 2 rings (SSSR count). The summed E-state index contributed by atoms with van der Waals surface area (Å²) < 4.78 is 0.0811. The molecular formula is C12H10BrN3O6. The molecular weight excluding hydrogens is 362 g/mol. The Hall–Kier alpha value is -2.49. The van der Waals surface area contributed by atoms with E-state index in [2.05, 4.69) is 15.9 Å². The van der Waals surface area contributed by atoms with Crippen LogP contribution in [0, 0.1) is 16.0 Å². The number of aromatic carboxylic acids is 1. The number of hydrogen-bond acceptors (Lipinski definition) is 5. The zero-order valence-electron chi connectivity index (χ0n) is 11.0. The number of anilines is 1. The van der Waals surface area contributed by atoms with E-state index in [4.69, 9.17) is 10.8 Å². The maximum Gasteiger partial charge on any atom is 0.335 e. The van der Waals surface area contributed by atoms with Gasteiger partial charge in [0.2, 0.25) is 11.8 Å². The maximum atomic E-state index is 12.0. The van der Waals surface area contributed by atoms with Crippen LogP contribution in [-0.2, 0) is 9.59 Å². The van der Waals surface area contributed by atoms with Gasteiger partial charge in [-0.3, -0.25) is 19.7 Å². The van der Waals surface area contributed by atoms with Gasteiger partial charge in [0, 0.05) is 23.5 Å². The van der Waals surface area contributed by atoms with Gasteiger partial charge in [0.05, 0.1) is 16.4 Å². The monoisotopic (exact) mass is 371 g/mol. The molecule has 1 aromatic carbocycles. The molecule has 0 spiro atoms. The molecule has 1 aliphatic rings. The van der Waals surface area contributed by atoms with Crippen LogP contribution in [0.5, 0.6) is 0 Å². The Labute approximate surface area is 132 Å². The summed E-state index contributed by atoms with van der Waals surface area (Å²) in [6.45, 7) is -0.0833. The van der Waals surface area contributed by atoms with E-state index in [1.807, 2.05) is 0 Å². The van der Waals surface area contributed by atoms with Crippen molar-refractivity contribution >= 4 is 45.1 Å². The maximum absolute atomic E-state index is 12.0. The molecule has 1 fully saturated rings. The second-order valence-corrected chi connectivity index (χ2v) is 5.55. The number of carbonyl (C=O) groups is 3. The highest BCUT2D eigenvalue weighted by atomic mass is 79.9. The topological polar surface area (TPSA) is 144 Å². The van der Waals surface area contributed by atoms with E-state index >= 15 is 0 Å². The number of carboxylic acids is 1. The quantitative estimate of drug-likeness (QED) is 0.593. The first kappa shape index (κ1) is 15.9. The minimum Gasteiger partial charge on any atom is -0.478 e. The predicted molar refractivity (Wildman–Crippen MR) is 77.4 cm³/mol. The minimum absolute atomic E-state index is 0.0799. The first-order valence-electron chi connectivity index (χ1n) is 6.03. The zero-order chi connectivity index (χ0) is 16.6. The molecule has 0 aromatic heterocycles. The lowest BCUT2D eigenvalue weighted by molar-refractivity contribution is -0.384. The highest BCUT2D eigenvalue weighted by molar-refractivity contribution is 9.10. The van der Waals surface area contributed by atoms with Crippen LogP contribution in [0.15, 0.2) is 16.6 Å². The van der Waals surface area contributed by atoms with Gasteiger partial charge < -0.3 is 15.7 Å². The van der Waals surface area contributed by atoms with Gasteiger partial charge >= 0.3 is 5.97 Å². The molecule has 0 bridgehead atoms. The Balaban J connectivity index is 2.55. The third kappa shape index (κ3) is 2.77. The van der Waals surface area contributed by atoms with E-state index in [1.54, 1.807) is 0 Å². The van der Waals surface area contributed by atoms with Crippen LogP contribution in [0.25, 0.3) is 0 Å². The fourth-order valence-electron chi connectivity index (χ4n) is 2.23. The second-order valence-electron chi connectivity index (χ2n) is 4.70. The molecule has 0 radical (unpaired) electrons. The number of carbonyl (C=O) groups excluding carboxylic acids is 2. The van der Waals surface area contributed by atoms with Crippen molar-refractivity contribution in [3.63, 3.8) is 0 Å². The van der Waals surface area contributed by atoms with E-state index in [-0.39, 0.29) is 28.7 Å². The fraction of sp³-hybridized carbons (Fsp3) is 0.250.